The van der Waals surface area contributed by atoms with Gasteiger partial charge in [0.05, 0.1) is 14.2 Å². The number of amides is 2. The topological polar surface area (TPSA) is 85.9 Å². The van der Waals surface area contributed by atoms with E-state index in [4.69, 9.17) is 14.2 Å². The molecular formula is C25H24N2O5S. The van der Waals surface area contributed by atoms with E-state index in [1.807, 2.05) is 17.5 Å². The Labute approximate surface area is 196 Å². The number of carbonyl (C=O) groups is 2. The summed E-state index contributed by atoms with van der Waals surface area (Å²) >= 11 is 1.45. The zero-order valence-electron chi connectivity index (χ0n) is 18.3. The Morgan fingerprint density at radius 1 is 1.03 bits per heavy atom. The molecule has 0 spiro atoms. The Hall–Kier alpha value is -4.04. The molecule has 0 atom stereocenters. The van der Waals surface area contributed by atoms with Crippen molar-refractivity contribution in [3.63, 3.8) is 0 Å². The fraction of sp³-hybridized carbons (Fsp3) is 0.120. The maximum atomic E-state index is 13.0. The number of carbonyl (C=O) groups excluding carboxylic acids is 2. The molecule has 2 amide bonds. The number of methoxy groups -OCH3 is 2. The number of anilines is 1. The minimum atomic E-state index is -0.461. The first-order valence-electron chi connectivity index (χ1n) is 9.97. The molecule has 0 aliphatic carbocycles. The summed E-state index contributed by atoms with van der Waals surface area (Å²) in [7, 11) is 3.00. The fourth-order valence-corrected chi connectivity index (χ4v) is 3.49. The quantitative estimate of drug-likeness (QED) is 0.334. The largest absolute Gasteiger partial charge is 0.493 e. The summed E-state index contributed by atoms with van der Waals surface area (Å²) in [6.45, 7) is 4.00. The zero-order valence-corrected chi connectivity index (χ0v) is 19.1. The summed E-state index contributed by atoms with van der Waals surface area (Å²) < 4.78 is 15.9. The van der Waals surface area contributed by atoms with Crippen molar-refractivity contribution in [2.24, 2.45) is 0 Å². The van der Waals surface area contributed by atoms with E-state index in [0.717, 1.165) is 4.88 Å². The Bertz CT molecular complexity index is 1140. The molecule has 0 radical (unpaired) electrons. The lowest BCUT2D eigenvalue weighted by Crippen LogP contribution is -2.30. The molecule has 7 nitrogen and oxygen atoms in total. The highest BCUT2D eigenvalue weighted by atomic mass is 32.1. The molecule has 3 rings (SSSR count). The van der Waals surface area contributed by atoms with Gasteiger partial charge in [-0.05, 0) is 60.0 Å². The van der Waals surface area contributed by atoms with Gasteiger partial charge in [-0.2, -0.15) is 0 Å². The molecule has 1 aromatic heterocycles. The van der Waals surface area contributed by atoms with E-state index in [9.17, 15) is 9.59 Å². The van der Waals surface area contributed by atoms with E-state index >= 15 is 0 Å². The Balaban J connectivity index is 1.79. The van der Waals surface area contributed by atoms with E-state index in [1.54, 1.807) is 54.6 Å². The SMILES string of the molecule is C=CCOc1ccc(NC(=O)/C(=C/c2cccs2)NC(=O)c2ccc(OC)c(OC)c2)cc1. The van der Waals surface area contributed by atoms with E-state index in [0.29, 0.717) is 35.1 Å². The molecule has 8 heteroatoms. The van der Waals surface area contributed by atoms with Crippen LogP contribution in [0.15, 0.2) is 78.3 Å². The standard InChI is InChI=1S/C25H24N2O5S/c1-4-13-32-19-10-8-18(9-11-19)26-25(29)21(16-20-6-5-14-33-20)27-24(28)17-7-12-22(30-2)23(15-17)31-3/h4-12,14-16H,1,13H2,2-3H3,(H,26,29)(H,27,28)/b21-16-. The van der Waals surface area contributed by atoms with Crippen LogP contribution in [0.25, 0.3) is 6.08 Å². The highest BCUT2D eigenvalue weighted by molar-refractivity contribution is 7.10. The van der Waals surface area contributed by atoms with Gasteiger partial charge in [0.1, 0.15) is 18.1 Å². The maximum absolute atomic E-state index is 13.0. The second-order valence-electron chi connectivity index (χ2n) is 6.68. The van der Waals surface area contributed by atoms with Gasteiger partial charge in [-0.1, -0.05) is 18.7 Å². The molecule has 0 bridgehead atoms. The molecule has 2 aromatic carbocycles. The minimum Gasteiger partial charge on any atom is -0.493 e. The summed E-state index contributed by atoms with van der Waals surface area (Å²) in [5, 5.41) is 7.39. The van der Waals surface area contributed by atoms with Gasteiger partial charge in [-0.25, -0.2) is 0 Å². The van der Waals surface area contributed by atoms with E-state index in [1.165, 1.54) is 25.6 Å². The highest BCUT2D eigenvalue weighted by Crippen LogP contribution is 2.27. The van der Waals surface area contributed by atoms with Gasteiger partial charge in [0.15, 0.2) is 11.5 Å². The van der Waals surface area contributed by atoms with Crippen LogP contribution in [-0.4, -0.2) is 32.6 Å². The van der Waals surface area contributed by atoms with Gasteiger partial charge in [-0.3, -0.25) is 9.59 Å². The van der Waals surface area contributed by atoms with Crippen LogP contribution in [-0.2, 0) is 4.79 Å². The molecule has 3 aromatic rings. The van der Waals surface area contributed by atoms with Gasteiger partial charge in [0.25, 0.3) is 11.8 Å². The van der Waals surface area contributed by atoms with Gasteiger partial charge in [0, 0.05) is 16.1 Å². The van der Waals surface area contributed by atoms with Crippen molar-refractivity contribution in [2.75, 3.05) is 26.1 Å². The van der Waals surface area contributed by atoms with Crippen LogP contribution >= 0.6 is 11.3 Å². The van der Waals surface area contributed by atoms with Crippen molar-refractivity contribution in [1.29, 1.82) is 0 Å². The first kappa shape index (κ1) is 23.6. The Morgan fingerprint density at radius 3 is 2.42 bits per heavy atom. The van der Waals surface area contributed by atoms with Gasteiger partial charge >= 0.3 is 0 Å². The number of hydrogen-bond donors (Lipinski definition) is 2. The van der Waals surface area contributed by atoms with Crippen LogP contribution in [0.3, 0.4) is 0 Å². The van der Waals surface area contributed by atoms with Crippen molar-refractivity contribution in [2.45, 2.75) is 0 Å². The highest BCUT2D eigenvalue weighted by Gasteiger charge is 2.17. The summed E-state index contributed by atoms with van der Waals surface area (Å²) in [4.78, 5) is 26.7. The van der Waals surface area contributed by atoms with Crippen LogP contribution < -0.4 is 24.8 Å². The smallest absolute Gasteiger partial charge is 0.272 e. The zero-order chi connectivity index (χ0) is 23.6. The lowest BCUT2D eigenvalue weighted by Gasteiger charge is -2.13. The summed E-state index contributed by atoms with van der Waals surface area (Å²) in [6.07, 6.45) is 3.28. The molecule has 0 aliphatic rings. The van der Waals surface area contributed by atoms with Crippen molar-refractivity contribution >= 4 is 34.9 Å². The lowest BCUT2D eigenvalue weighted by molar-refractivity contribution is -0.113. The molecule has 0 fully saturated rings. The lowest BCUT2D eigenvalue weighted by atomic mass is 10.1. The molecule has 170 valence electrons. The van der Waals surface area contributed by atoms with Gasteiger partial charge < -0.3 is 24.8 Å². The molecule has 0 saturated carbocycles. The molecule has 33 heavy (non-hydrogen) atoms. The van der Waals surface area contributed by atoms with E-state index < -0.39 is 11.8 Å². The number of thiophene rings is 1. The summed E-state index contributed by atoms with van der Waals surface area (Å²) in [5.74, 6) is 0.655. The second-order valence-corrected chi connectivity index (χ2v) is 7.65. The predicted octanol–water partition coefficient (Wildman–Crippen LogP) is 4.74. The molecular weight excluding hydrogens is 440 g/mol. The van der Waals surface area contributed by atoms with Gasteiger partial charge in [-0.15, -0.1) is 11.3 Å². The average molecular weight is 465 g/mol. The average Bonchev–Trinajstić information content (AvgIpc) is 3.35. The minimum absolute atomic E-state index is 0.101. The molecule has 2 N–H and O–H groups in total. The first-order valence-corrected chi connectivity index (χ1v) is 10.9. The van der Waals surface area contributed by atoms with Gasteiger partial charge in [0.2, 0.25) is 0 Å². The number of ether oxygens (including phenoxy) is 3. The van der Waals surface area contributed by atoms with Crippen molar-refractivity contribution in [3.05, 3.63) is 88.8 Å². The summed E-state index contributed by atoms with van der Waals surface area (Å²) in [6, 6.07) is 15.4. The molecule has 0 aliphatic heterocycles. The van der Waals surface area contributed by atoms with Crippen molar-refractivity contribution in [3.8, 4) is 17.2 Å². The third kappa shape index (κ3) is 6.47. The normalized spacial score (nSPS) is 10.8. The van der Waals surface area contributed by atoms with Crippen molar-refractivity contribution < 1.29 is 23.8 Å². The molecule has 0 unspecified atom stereocenters. The number of hydrogen-bond acceptors (Lipinski definition) is 6. The Kier molecular flexibility index (Phi) is 8.26. The monoisotopic (exact) mass is 464 g/mol. The Morgan fingerprint density at radius 2 is 1.79 bits per heavy atom. The van der Waals surface area contributed by atoms with Crippen LogP contribution in [0.2, 0.25) is 0 Å². The molecule has 1 heterocycles. The fourth-order valence-electron chi connectivity index (χ4n) is 2.83. The summed E-state index contributed by atoms with van der Waals surface area (Å²) in [5.41, 5.74) is 0.980. The number of nitrogens with one attached hydrogen (secondary N) is 2. The van der Waals surface area contributed by atoms with Crippen molar-refractivity contribution in [1.82, 2.24) is 5.32 Å². The molecule has 0 saturated heterocycles. The second kappa shape index (κ2) is 11.5. The maximum Gasteiger partial charge on any atom is 0.272 e. The van der Waals surface area contributed by atoms with Crippen LogP contribution in [0.4, 0.5) is 5.69 Å². The number of benzene rings is 2. The van der Waals surface area contributed by atoms with Crippen LogP contribution in [0, 0.1) is 0 Å². The van der Waals surface area contributed by atoms with E-state index in [2.05, 4.69) is 17.2 Å². The first-order chi connectivity index (χ1) is 16.0. The third-order valence-electron chi connectivity index (χ3n) is 4.45. The van der Waals surface area contributed by atoms with E-state index in [-0.39, 0.29) is 5.70 Å². The third-order valence-corrected chi connectivity index (χ3v) is 5.27. The number of rotatable bonds is 10. The van der Waals surface area contributed by atoms with Crippen LogP contribution in [0.1, 0.15) is 15.2 Å². The van der Waals surface area contributed by atoms with Crippen LogP contribution in [0.5, 0.6) is 17.2 Å². The predicted molar refractivity (Wildman–Crippen MR) is 130 cm³/mol.